The van der Waals surface area contributed by atoms with Crippen LogP contribution in [0.25, 0.3) is 0 Å². The first-order valence-electron chi connectivity index (χ1n) is 35.9. The predicted molar refractivity (Wildman–Crippen MR) is 358 cm³/mol. The number of allylic oxidation sites excluding steroid dienone is 12. The zero-order chi connectivity index (χ0) is 59.2. The summed E-state index contributed by atoms with van der Waals surface area (Å²) in [5.41, 5.74) is 0. The minimum Gasteiger partial charge on any atom is -0.462 e. The fourth-order valence-electron chi connectivity index (χ4n) is 10.6. The van der Waals surface area contributed by atoms with Gasteiger partial charge in [-0.15, -0.1) is 0 Å². The highest BCUT2D eigenvalue weighted by molar-refractivity contribution is 5.71. The Labute approximate surface area is 510 Å². The molecule has 476 valence electrons. The van der Waals surface area contributed by atoms with Crippen LogP contribution in [0.2, 0.25) is 0 Å². The molecule has 0 saturated carbocycles. The molecule has 0 saturated heterocycles. The maximum absolute atomic E-state index is 12.9. The lowest BCUT2D eigenvalue weighted by molar-refractivity contribution is -0.167. The SMILES string of the molecule is CC/C=C\C/C=C\C/C=C\C/C=C\C/C=C\CCCCCC(=O)OC(COC(=O)CCCCCCC/C=C\CCCCCCCCC)COC(=O)CCCCCCCCCCCCCCCCCCCCCCCCCCCCCCC. The van der Waals surface area contributed by atoms with Crippen molar-refractivity contribution in [3.63, 3.8) is 0 Å². The smallest absolute Gasteiger partial charge is 0.306 e. The highest BCUT2D eigenvalue weighted by Crippen LogP contribution is 2.18. The summed E-state index contributed by atoms with van der Waals surface area (Å²) in [5.74, 6) is -0.909. The van der Waals surface area contributed by atoms with Crippen molar-refractivity contribution in [1.82, 2.24) is 0 Å². The highest BCUT2D eigenvalue weighted by atomic mass is 16.6. The molecule has 0 aliphatic carbocycles. The topological polar surface area (TPSA) is 78.9 Å². The van der Waals surface area contributed by atoms with Crippen LogP contribution in [0.5, 0.6) is 0 Å². The zero-order valence-corrected chi connectivity index (χ0v) is 54.8. The second kappa shape index (κ2) is 70.3. The van der Waals surface area contributed by atoms with Crippen LogP contribution in [0.15, 0.2) is 72.9 Å². The summed E-state index contributed by atoms with van der Waals surface area (Å²) < 4.78 is 17.0. The standard InChI is InChI=1S/C76H136O6/c1-4-7-10-13-16-19-22-25-28-31-33-34-35-36-37-38-39-40-41-42-44-45-48-51-54-57-60-63-66-69-75(78)81-72-73(71-80-74(77)68-65-62-59-56-53-50-47-30-27-24-21-18-15-12-9-6-3)82-76(79)70-67-64-61-58-55-52-49-46-43-32-29-26-23-20-17-14-11-8-5-2/h8,11,17,20,26,29-30,43,46-47,52,55,73H,4-7,9-10,12-16,18-19,21-25,27-28,31-42,44-45,48-51,53-54,56-72H2,1-3H3/b11-8-,20-17-,29-26-,46-43-,47-30-,55-52-. The Morgan fingerprint density at radius 2 is 0.476 bits per heavy atom. The predicted octanol–water partition coefficient (Wildman–Crippen LogP) is 24.8. The van der Waals surface area contributed by atoms with Crippen molar-refractivity contribution in [2.24, 2.45) is 0 Å². The number of carbonyl (C=O) groups is 3. The van der Waals surface area contributed by atoms with Crippen molar-refractivity contribution in [1.29, 1.82) is 0 Å². The molecule has 0 radical (unpaired) electrons. The quantitative estimate of drug-likeness (QED) is 0.0261. The Morgan fingerprint density at radius 3 is 0.768 bits per heavy atom. The van der Waals surface area contributed by atoms with Gasteiger partial charge in [-0.1, -0.05) is 338 Å². The van der Waals surface area contributed by atoms with Crippen molar-refractivity contribution in [3.8, 4) is 0 Å². The van der Waals surface area contributed by atoms with Crippen LogP contribution < -0.4 is 0 Å². The Kier molecular flexibility index (Phi) is 67.6. The van der Waals surface area contributed by atoms with E-state index >= 15 is 0 Å². The molecule has 6 nitrogen and oxygen atoms in total. The fraction of sp³-hybridized carbons (Fsp3) is 0.803. The molecule has 0 fully saturated rings. The summed E-state index contributed by atoms with van der Waals surface area (Å²) in [6, 6.07) is 0. The van der Waals surface area contributed by atoms with Gasteiger partial charge in [-0.2, -0.15) is 0 Å². The average molecular weight is 1150 g/mol. The van der Waals surface area contributed by atoms with Crippen molar-refractivity contribution in [2.75, 3.05) is 13.2 Å². The molecule has 0 aliphatic heterocycles. The van der Waals surface area contributed by atoms with E-state index in [4.69, 9.17) is 14.2 Å². The van der Waals surface area contributed by atoms with Crippen LogP contribution in [0.1, 0.15) is 374 Å². The minimum absolute atomic E-state index is 0.0883. The lowest BCUT2D eigenvalue weighted by Gasteiger charge is -2.18. The van der Waals surface area contributed by atoms with E-state index < -0.39 is 6.10 Å². The summed E-state index contributed by atoms with van der Waals surface area (Å²) in [6.45, 7) is 6.55. The van der Waals surface area contributed by atoms with Gasteiger partial charge in [0.05, 0.1) is 0 Å². The summed E-state index contributed by atoms with van der Waals surface area (Å²) in [4.78, 5) is 38.4. The molecule has 6 heteroatoms. The van der Waals surface area contributed by atoms with Crippen molar-refractivity contribution in [3.05, 3.63) is 72.9 Å². The van der Waals surface area contributed by atoms with Gasteiger partial charge in [0, 0.05) is 19.3 Å². The number of hydrogen-bond donors (Lipinski definition) is 0. The molecular weight excluding hydrogens is 1010 g/mol. The normalized spacial score (nSPS) is 12.5. The lowest BCUT2D eigenvalue weighted by atomic mass is 10.0. The van der Waals surface area contributed by atoms with E-state index in [-0.39, 0.29) is 31.1 Å². The third-order valence-electron chi connectivity index (χ3n) is 15.9. The van der Waals surface area contributed by atoms with Crippen LogP contribution in [0.3, 0.4) is 0 Å². The van der Waals surface area contributed by atoms with Crippen molar-refractivity contribution >= 4 is 17.9 Å². The van der Waals surface area contributed by atoms with Gasteiger partial charge in [-0.05, 0) is 89.9 Å². The van der Waals surface area contributed by atoms with E-state index in [0.29, 0.717) is 19.3 Å². The lowest BCUT2D eigenvalue weighted by Crippen LogP contribution is -2.30. The molecule has 1 unspecified atom stereocenters. The molecule has 0 bridgehead atoms. The molecule has 0 rings (SSSR count). The van der Waals surface area contributed by atoms with Gasteiger partial charge in [-0.25, -0.2) is 0 Å². The molecule has 0 aromatic carbocycles. The second-order valence-electron chi connectivity index (χ2n) is 24.1. The Bertz CT molecular complexity index is 1500. The molecule has 82 heavy (non-hydrogen) atoms. The first-order chi connectivity index (χ1) is 40.5. The van der Waals surface area contributed by atoms with Gasteiger partial charge in [0.25, 0.3) is 0 Å². The molecule has 0 aromatic rings. The van der Waals surface area contributed by atoms with Crippen LogP contribution in [-0.4, -0.2) is 37.2 Å². The fourth-order valence-corrected chi connectivity index (χ4v) is 10.6. The number of rotatable bonds is 66. The Hall–Kier alpha value is -3.15. The molecular formula is C76H136O6. The maximum atomic E-state index is 12.9. The van der Waals surface area contributed by atoms with E-state index in [9.17, 15) is 14.4 Å². The third kappa shape index (κ3) is 67.6. The highest BCUT2D eigenvalue weighted by Gasteiger charge is 2.19. The van der Waals surface area contributed by atoms with Crippen LogP contribution >= 0.6 is 0 Å². The van der Waals surface area contributed by atoms with Crippen LogP contribution in [0.4, 0.5) is 0 Å². The largest absolute Gasteiger partial charge is 0.462 e. The van der Waals surface area contributed by atoms with E-state index in [1.807, 2.05) is 0 Å². The van der Waals surface area contributed by atoms with Crippen LogP contribution in [-0.2, 0) is 28.6 Å². The molecule has 0 aliphatic rings. The van der Waals surface area contributed by atoms with Crippen LogP contribution in [0, 0.1) is 0 Å². The Balaban J connectivity index is 4.28. The van der Waals surface area contributed by atoms with Crippen molar-refractivity contribution < 1.29 is 28.6 Å². The summed E-state index contributed by atoms with van der Waals surface area (Å²) in [5, 5.41) is 0. The third-order valence-corrected chi connectivity index (χ3v) is 15.9. The molecule has 0 heterocycles. The summed E-state index contributed by atoms with van der Waals surface area (Å²) in [7, 11) is 0. The average Bonchev–Trinajstić information content (AvgIpc) is 3.47. The van der Waals surface area contributed by atoms with Crippen molar-refractivity contribution in [2.45, 2.75) is 380 Å². The monoisotopic (exact) mass is 1150 g/mol. The van der Waals surface area contributed by atoms with E-state index in [2.05, 4.69) is 93.7 Å². The first kappa shape index (κ1) is 78.8. The van der Waals surface area contributed by atoms with Gasteiger partial charge >= 0.3 is 17.9 Å². The number of ether oxygens (including phenoxy) is 3. The van der Waals surface area contributed by atoms with E-state index in [0.717, 1.165) is 103 Å². The number of hydrogen-bond acceptors (Lipinski definition) is 6. The van der Waals surface area contributed by atoms with Gasteiger partial charge in [0.1, 0.15) is 13.2 Å². The molecule has 1 atom stereocenters. The Morgan fingerprint density at radius 1 is 0.256 bits per heavy atom. The van der Waals surface area contributed by atoms with Gasteiger partial charge < -0.3 is 14.2 Å². The summed E-state index contributed by atoms with van der Waals surface area (Å²) >= 11 is 0. The number of esters is 3. The van der Waals surface area contributed by atoms with E-state index in [1.165, 1.54) is 231 Å². The maximum Gasteiger partial charge on any atom is 0.306 e. The second-order valence-corrected chi connectivity index (χ2v) is 24.1. The van der Waals surface area contributed by atoms with E-state index in [1.54, 1.807) is 0 Å². The minimum atomic E-state index is -0.797. The zero-order valence-electron chi connectivity index (χ0n) is 54.8. The number of carbonyl (C=O) groups excluding carboxylic acids is 3. The summed E-state index contributed by atoms with van der Waals surface area (Å²) in [6.07, 6.45) is 92.3. The molecule has 0 amide bonds. The number of unbranched alkanes of at least 4 members (excludes halogenated alkanes) is 43. The van der Waals surface area contributed by atoms with Gasteiger partial charge in [-0.3, -0.25) is 14.4 Å². The van der Waals surface area contributed by atoms with Gasteiger partial charge in [0.15, 0.2) is 6.10 Å². The molecule has 0 aromatic heterocycles. The van der Waals surface area contributed by atoms with Gasteiger partial charge in [0.2, 0.25) is 0 Å². The molecule has 0 N–H and O–H groups in total. The first-order valence-corrected chi connectivity index (χ1v) is 35.9. The molecule has 0 spiro atoms.